The number of rotatable bonds is 8. The molecule has 5 atom stereocenters. The quantitative estimate of drug-likeness (QED) is 0.310. The molecule has 0 radical (unpaired) electrons. The minimum absolute atomic E-state index is 0.217. The van der Waals surface area contributed by atoms with Crippen LogP contribution in [-0.4, -0.2) is 68.3 Å². The Morgan fingerprint density at radius 2 is 1.22 bits per heavy atom. The van der Waals surface area contributed by atoms with Crippen molar-refractivity contribution in [2.75, 3.05) is 13.7 Å². The van der Waals surface area contributed by atoms with Crippen LogP contribution in [0.5, 0.6) is 0 Å². The van der Waals surface area contributed by atoms with E-state index in [1.54, 1.807) is 36.4 Å². The topological polar surface area (TPSA) is 124 Å². The van der Waals surface area contributed by atoms with E-state index in [2.05, 4.69) is 31.9 Å². The molecule has 0 aliphatic carbocycles. The van der Waals surface area contributed by atoms with Crippen LogP contribution in [0, 0.1) is 0 Å². The van der Waals surface area contributed by atoms with Crippen molar-refractivity contribution in [1.82, 2.24) is 0 Å². The third kappa shape index (κ3) is 7.84. The number of halogens is 2. The number of hydrogen-bond acceptors (Lipinski definition) is 10. The summed E-state index contributed by atoms with van der Waals surface area (Å²) in [4.78, 5) is 49.3. The van der Waals surface area contributed by atoms with Crippen LogP contribution in [0.2, 0.25) is 0 Å². The zero-order chi connectivity index (χ0) is 27.1. The number of esters is 4. The average molecular weight is 644 g/mol. The number of benzene rings is 2. The molecule has 1 aliphatic rings. The molecular weight excluding hydrogens is 620 g/mol. The molecule has 37 heavy (non-hydrogen) atoms. The summed E-state index contributed by atoms with van der Waals surface area (Å²) >= 11 is 6.59. The van der Waals surface area contributed by atoms with E-state index in [1.807, 2.05) is 0 Å². The first kappa shape index (κ1) is 28.8. The van der Waals surface area contributed by atoms with Crippen LogP contribution < -0.4 is 0 Å². The van der Waals surface area contributed by atoms with Crippen molar-refractivity contribution in [2.45, 2.75) is 44.6 Å². The maximum absolute atomic E-state index is 12.9. The Balaban J connectivity index is 1.85. The number of hydrogen-bond donors (Lipinski definition) is 0. The van der Waals surface area contributed by atoms with Crippen LogP contribution in [0.3, 0.4) is 0 Å². The lowest BCUT2D eigenvalue weighted by molar-refractivity contribution is -0.298. The summed E-state index contributed by atoms with van der Waals surface area (Å²) in [5.41, 5.74) is 0.499. The summed E-state index contributed by atoms with van der Waals surface area (Å²) in [6.07, 6.45) is -6.27. The monoisotopic (exact) mass is 642 g/mol. The van der Waals surface area contributed by atoms with Gasteiger partial charge in [0.15, 0.2) is 24.6 Å². The predicted octanol–water partition coefficient (Wildman–Crippen LogP) is 3.83. The van der Waals surface area contributed by atoms with Crippen molar-refractivity contribution < 1.29 is 47.6 Å². The molecule has 2 aromatic rings. The van der Waals surface area contributed by atoms with E-state index in [0.29, 0.717) is 0 Å². The maximum Gasteiger partial charge on any atom is 0.338 e. The van der Waals surface area contributed by atoms with Gasteiger partial charge in [-0.25, -0.2) is 9.59 Å². The van der Waals surface area contributed by atoms with Crippen LogP contribution in [0.25, 0.3) is 0 Å². The van der Waals surface area contributed by atoms with Crippen molar-refractivity contribution in [3.05, 3.63) is 68.6 Å². The second kappa shape index (κ2) is 13.1. The fourth-order valence-electron chi connectivity index (χ4n) is 3.59. The summed E-state index contributed by atoms with van der Waals surface area (Å²) in [7, 11) is 1.30. The highest BCUT2D eigenvalue weighted by atomic mass is 79.9. The number of carbonyl (C=O) groups excluding carboxylic acids is 4. The van der Waals surface area contributed by atoms with Crippen molar-refractivity contribution in [1.29, 1.82) is 0 Å². The third-order valence-electron chi connectivity index (χ3n) is 5.21. The lowest BCUT2D eigenvalue weighted by Crippen LogP contribution is -2.62. The predicted molar refractivity (Wildman–Crippen MR) is 135 cm³/mol. The van der Waals surface area contributed by atoms with Gasteiger partial charge in [0.05, 0.1) is 11.1 Å². The van der Waals surface area contributed by atoms with E-state index in [0.717, 1.165) is 22.8 Å². The van der Waals surface area contributed by atoms with Crippen molar-refractivity contribution in [3.8, 4) is 0 Å². The van der Waals surface area contributed by atoms with E-state index in [-0.39, 0.29) is 17.7 Å². The summed E-state index contributed by atoms with van der Waals surface area (Å²) in [5, 5.41) is 0. The minimum atomic E-state index is -1.32. The highest BCUT2D eigenvalue weighted by molar-refractivity contribution is 9.10. The van der Waals surface area contributed by atoms with Gasteiger partial charge in [-0.05, 0) is 48.5 Å². The van der Waals surface area contributed by atoms with Gasteiger partial charge in [0.2, 0.25) is 0 Å². The lowest BCUT2D eigenvalue weighted by Gasteiger charge is -2.43. The normalized spacial score (nSPS) is 23.0. The standard InChI is InChI=1S/C25H24Br2O10/c1-13(28)34-20-19(12-33-23(30)15-4-8-17(26)9-5-15)36-25(32-3)22(21(20)35-14(2)29)37-24(31)16-6-10-18(27)11-7-16/h4-11,19-22,25H,12H2,1-3H3/t19-,20-,21+,22-,25-/m1/s1. The molecule has 0 saturated carbocycles. The van der Waals surface area contributed by atoms with E-state index < -0.39 is 54.6 Å². The van der Waals surface area contributed by atoms with Crippen LogP contribution in [0.1, 0.15) is 34.6 Å². The van der Waals surface area contributed by atoms with Crippen LogP contribution in [0.4, 0.5) is 0 Å². The summed E-state index contributed by atoms with van der Waals surface area (Å²) in [5.74, 6) is -2.85. The Hall–Kier alpha value is -2.80. The Bertz CT molecular complexity index is 1120. The highest BCUT2D eigenvalue weighted by Crippen LogP contribution is 2.30. The van der Waals surface area contributed by atoms with Gasteiger partial charge in [-0.3, -0.25) is 9.59 Å². The lowest BCUT2D eigenvalue weighted by atomic mass is 9.98. The molecule has 12 heteroatoms. The summed E-state index contributed by atoms with van der Waals surface area (Å²) < 4.78 is 34.6. The highest BCUT2D eigenvalue weighted by Gasteiger charge is 2.52. The fraction of sp³-hybridized carbons (Fsp3) is 0.360. The second-order valence-electron chi connectivity index (χ2n) is 7.91. The molecule has 0 amide bonds. The van der Waals surface area contributed by atoms with Gasteiger partial charge >= 0.3 is 23.9 Å². The van der Waals surface area contributed by atoms with Crippen molar-refractivity contribution in [2.24, 2.45) is 0 Å². The van der Waals surface area contributed by atoms with Crippen molar-refractivity contribution >= 4 is 55.7 Å². The van der Waals surface area contributed by atoms with Gasteiger partial charge in [-0.1, -0.05) is 31.9 Å². The Morgan fingerprint density at radius 3 is 1.70 bits per heavy atom. The molecule has 0 spiro atoms. The molecule has 0 unspecified atom stereocenters. The molecule has 3 rings (SSSR count). The van der Waals surface area contributed by atoms with E-state index in [1.165, 1.54) is 19.2 Å². The third-order valence-corrected chi connectivity index (χ3v) is 6.27. The first-order valence-corrected chi connectivity index (χ1v) is 12.6. The molecule has 1 saturated heterocycles. The smallest absolute Gasteiger partial charge is 0.338 e. The number of ether oxygens (including phenoxy) is 6. The zero-order valence-corrected chi connectivity index (χ0v) is 23.2. The SMILES string of the molecule is CO[C@@H]1O[C@H](COC(=O)c2ccc(Br)cc2)[C@@H](OC(C)=O)[C@H](OC(C)=O)[C@H]1OC(=O)c1ccc(Br)cc1. The number of carbonyl (C=O) groups is 4. The first-order chi connectivity index (χ1) is 17.6. The Morgan fingerprint density at radius 1 is 0.730 bits per heavy atom. The van der Waals surface area contributed by atoms with Gasteiger partial charge in [0, 0.05) is 29.9 Å². The van der Waals surface area contributed by atoms with Crippen LogP contribution in [-0.2, 0) is 38.0 Å². The van der Waals surface area contributed by atoms with E-state index in [4.69, 9.17) is 28.4 Å². The van der Waals surface area contributed by atoms with Gasteiger partial charge < -0.3 is 28.4 Å². The van der Waals surface area contributed by atoms with Gasteiger partial charge in [-0.2, -0.15) is 0 Å². The number of methoxy groups -OCH3 is 1. The zero-order valence-electron chi connectivity index (χ0n) is 20.1. The van der Waals surface area contributed by atoms with E-state index >= 15 is 0 Å². The largest absolute Gasteiger partial charge is 0.459 e. The van der Waals surface area contributed by atoms with Crippen molar-refractivity contribution in [3.63, 3.8) is 0 Å². The average Bonchev–Trinajstić information content (AvgIpc) is 2.85. The summed E-state index contributed by atoms with van der Waals surface area (Å²) in [6.45, 7) is 1.93. The molecule has 1 aliphatic heterocycles. The minimum Gasteiger partial charge on any atom is -0.459 e. The molecule has 198 valence electrons. The molecule has 0 aromatic heterocycles. The second-order valence-corrected chi connectivity index (χ2v) is 9.74. The first-order valence-electron chi connectivity index (χ1n) is 11.0. The van der Waals surface area contributed by atoms with Crippen LogP contribution >= 0.6 is 31.9 Å². The van der Waals surface area contributed by atoms with Crippen LogP contribution in [0.15, 0.2) is 57.5 Å². The molecular formula is C25H24Br2O10. The Kier molecular flexibility index (Phi) is 10.2. The molecule has 0 N–H and O–H groups in total. The maximum atomic E-state index is 12.9. The Labute approximate surface area is 229 Å². The van der Waals surface area contributed by atoms with E-state index in [9.17, 15) is 19.2 Å². The van der Waals surface area contributed by atoms with Gasteiger partial charge in [0.25, 0.3) is 0 Å². The fourth-order valence-corrected chi connectivity index (χ4v) is 4.12. The van der Waals surface area contributed by atoms with Gasteiger partial charge in [-0.15, -0.1) is 0 Å². The molecule has 10 nitrogen and oxygen atoms in total. The van der Waals surface area contributed by atoms with Gasteiger partial charge in [0.1, 0.15) is 12.7 Å². The molecule has 2 aromatic carbocycles. The summed E-state index contributed by atoms with van der Waals surface area (Å²) in [6, 6.07) is 12.9. The molecule has 1 fully saturated rings. The molecule has 0 bridgehead atoms. The molecule has 1 heterocycles.